The Balaban J connectivity index is 2.24. The molecule has 1 heterocycles. The van der Waals surface area contributed by atoms with Crippen LogP contribution in [-0.2, 0) is 0 Å². The topological polar surface area (TPSA) is 6.48 Å². The van der Waals surface area contributed by atoms with Gasteiger partial charge >= 0.3 is 0 Å². The maximum atomic E-state index is 2.70. The number of nitrogens with zero attached hydrogens (tertiary/aromatic N) is 2. The normalized spacial score (nSPS) is 14.0. The Kier molecular flexibility index (Phi) is 23.1. The van der Waals surface area contributed by atoms with Crippen molar-refractivity contribution in [3.05, 3.63) is 12.4 Å². The predicted molar refractivity (Wildman–Crippen MR) is 159 cm³/mol. The van der Waals surface area contributed by atoms with Gasteiger partial charge in [-0.2, -0.15) is 0 Å². The van der Waals surface area contributed by atoms with Crippen LogP contribution >= 0.6 is 0 Å². The Morgan fingerprint density at radius 1 is 0.371 bits per heavy atom. The van der Waals surface area contributed by atoms with E-state index in [0.717, 1.165) is 0 Å². The van der Waals surface area contributed by atoms with Crippen molar-refractivity contribution in [2.75, 3.05) is 13.1 Å². The fourth-order valence-corrected chi connectivity index (χ4v) is 5.66. The van der Waals surface area contributed by atoms with Crippen molar-refractivity contribution >= 4 is 0 Å². The average molecular weight is 491 g/mol. The summed E-state index contributed by atoms with van der Waals surface area (Å²) in [7, 11) is 0. The monoisotopic (exact) mass is 491 g/mol. The quantitative estimate of drug-likeness (QED) is 0.106. The summed E-state index contributed by atoms with van der Waals surface area (Å²) >= 11 is 0. The SMILES string of the molecule is CCCCCCCCCCCN1C=CN(CCCCCCCCCCC)C1CCCCCCCC. The first-order valence-electron chi connectivity index (χ1n) is 16.5. The molecule has 0 amide bonds. The minimum Gasteiger partial charge on any atom is -0.356 e. The van der Waals surface area contributed by atoms with Gasteiger partial charge in [0.05, 0.1) is 0 Å². The molecule has 0 aromatic rings. The van der Waals surface area contributed by atoms with Gasteiger partial charge in [0.15, 0.2) is 0 Å². The third kappa shape index (κ3) is 18.3. The van der Waals surface area contributed by atoms with Gasteiger partial charge in [-0.1, -0.05) is 156 Å². The molecule has 0 aromatic heterocycles. The molecule has 0 radical (unpaired) electrons. The van der Waals surface area contributed by atoms with Crippen molar-refractivity contribution in [3.8, 4) is 0 Å². The van der Waals surface area contributed by atoms with Gasteiger partial charge in [0.25, 0.3) is 0 Å². The highest BCUT2D eigenvalue weighted by Gasteiger charge is 2.24. The second-order valence-corrected chi connectivity index (χ2v) is 11.5. The van der Waals surface area contributed by atoms with Crippen molar-refractivity contribution < 1.29 is 0 Å². The van der Waals surface area contributed by atoms with Gasteiger partial charge in [-0.05, 0) is 25.7 Å². The Labute approximate surface area is 222 Å². The number of hydrogen-bond acceptors (Lipinski definition) is 2. The van der Waals surface area contributed by atoms with Gasteiger partial charge < -0.3 is 9.80 Å². The van der Waals surface area contributed by atoms with Crippen molar-refractivity contribution in [1.82, 2.24) is 9.80 Å². The molecule has 0 aromatic carbocycles. The molecule has 1 rings (SSSR count). The maximum absolute atomic E-state index is 2.70. The van der Waals surface area contributed by atoms with Gasteiger partial charge in [-0.15, -0.1) is 0 Å². The first-order chi connectivity index (χ1) is 17.3. The molecule has 0 fully saturated rings. The minimum absolute atomic E-state index is 0.643. The van der Waals surface area contributed by atoms with E-state index in [4.69, 9.17) is 0 Å². The first kappa shape index (κ1) is 32.4. The molecule has 1 aliphatic heterocycles. The summed E-state index contributed by atoms with van der Waals surface area (Å²) in [4.78, 5) is 5.39. The van der Waals surface area contributed by atoms with Crippen LogP contribution in [0.25, 0.3) is 0 Å². The van der Waals surface area contributed by atoms with Gasteiger partial charge in [0, 0.05) is 25.5 Å². The van der Waals surface area contributed by atoms with E-state index in [0.29, 0.717) is 6.17 Å². The Hall–Kier alpha value is -0.660. The summed E-state index contributed by atoms with van der Waals surface area (Å²) < 4.78 is 0. The summed E-state index contributed by atoms with van der Waals surface area (Å²) in [5.41, 5.74) is 0. The lowest BCUT2D eigenvalue weighted by molar-refractivity contribution is 0.135. The number of unbranched alkanes of at least 4 members (excludes halogenated alkanes) is 21. The van der Waals surface area contributed by atoms with Crippen LogP contribution in [0.3, 0.4) is 0 Å². The second-order valence-electron chi connectivity index (χ2n) is 11.5. The molecule has 0 saturated heterocycles. The standard InChI is InChI=1S/C33H66N2/c1-4-7-10-13-16-18-20-23-26-29-34-31-32-35(33(34)28-25-22-15-12-9-6-3)30-27-24-21-19-17-14-11-8-5-2/h31-33H,4-30H2,1-3H3. The molecule has 0 unspecified atom stereocenters. The van der Waals surface area contributed by atoms with E-state index < -0.39 is 0 Å². The lowest BCUT2D eigenvalue weighted by Crippen LogP contribution is -2.39. The third-order valence-corrected chi connectivity index (χ3v) is 8.07. The predicted octanol–water partition coefficient (Wildman–Crippen LogP) is 11.2. The van der Waals surface area contributed by atoms with E-state index in [9.17, 15) is 0 Å². The van der Waals surface area contributed by atoms with Crippen molar-refractivity contribution in [1.29, 1.82) is 0 Å². The minimum atomic E-state index is 0.643. The largest absolute Gasteiger partial charge is 0.356 e. The Morgan fingerprint density at radius 2 is 0.657 bits per heavy atom. The molecule has 2 nitrogen and oxygen atoms in total. The van der Waals surface area contributed by atoms with Crippen molar-refractivity contribution in [2.45, 2.75) is 187 Å². The Morgan fingerprint density at radius 3 is 1.00 bits per heavy atom. The zero-order chi connectivity index (χ0) is 25.2. The fourth-order valence-electron chi connectivity index (χ4n) is 5.66. The van der Waals surface area contributed by atoms with E-state index >= 15 is 0 Å². The van der Waals surface area contributed by atoms with Crippen LogP contribution in [0.4, 0.5) is 0 Å². The molecule has 2 heteroatoms. The van der Waals surface area contributed by atoms with E-state index in [2.05, 4.69) is 43.0 Å². The molecular formula is C33H66N2. The average Bonchev–Trinajstić information content (AvgIpc) is 3.25. The summed E-state index contributed by atoms with van der Waals surface area (Å²) in [6, 6.07) is 0. The highest BCUT2D eigenvalue weighted by molar-refractivity contribution is 4.97. The number of rotatable bonds is 27. The summed E-state index contributed by atoms with van der Waals surface area (Å²) in [6.45, 7) is 9.47. The molecule has 1 aliphatic rings. The maximum Gasteiger partial charge on any atom is 0.101 e. The summed E-state index contributed by atoms with van der Waals surface area (Å²) in [5.74, 6) is 0. The third-order valence-electron chi connectivity index (χ3n) is 8.07. The van der Waals surface area contributed by atoms with E-state index in [-0.39, 0.29) is 0 Å². The van der Waals surface area contributed by atoms with Crippen molar-refractivity contribution in [2.24, 2.45) is 0 Å². The van der Waals surface area contributed by atoms with Crippen LogP contribution < -0.4 is 0 Å². The van der Waals surface area contributed by atoms with Crippen LogP contribution in [0.1, 0.15) is 181 Å². The zero-order valence-corrected chi connectivity index (χ0v) is 24.7. The lowest BCUT2D eigenvalue weighted by atomic mass is 10.1. The lowest BCUT2D eigenvalue weighted by Gasteiger charge is -2.33. The van der Waals surface area contributed by atoms with Crippen LogP contribution in [0.15, 0.2) is 12.4 Å². The fraction of sp³-hybridized carbons (Fsp3) is 0.939. The molecular weight excluding hydrogens is 424 g/mol. The summed E-state index contributed by atoms with van der Waals surface area (Å²) in [6.07, 6.45) is 41.0. The molecule has 35 heavy (non-hydrogen) atoms. The van der Waals surface area contributed by atoms with E-state index in [1.165, 1.54) is 174 Å². The zero-order valence-electron chi connectivity index (χ0n) is 24.7. The van der Waals surface area contributed by atoms with Crippen molar-refractivity contribution in [3.63, 3.8) is 0 Å². The molecule has 0 aliphatic carbocycles. The van der Waals surface area contributed by atoms with E-state index in [1.807, 2.05) is 0 Å². The highest BCUT2D eigenvalue weighted by Crippen LogP contribution is 2.24. The molecule has 0 atom stereocenters. The first-order valence-corrected chi connectivity index (χ1v) is 16.5. The molecule has 0 spiro atoms. The van der Waals surface area contributed by atoms with Gasteiger partial charge in [0.1, 0.15) is 6.17 Å². The van der Waals surface area contributed by atoms with Crippen LogP contribution in [0.2, 0.25) is 0 Å². The number of hydrogen-bond donors (Lipinski definition) is 0. The molecule has 0 N–H and O–H groups in total. The molecule has 0 saturated carbocycles. The smallest absolute Gasteiger partial charge is 0.101 e. The van der Waals surface area contributed by atoms with Gasteiger partial charge in [-0.25, -0.2) is 0 Å². The van der Waals surface area contributed by atoms with E-state index in [1.54, 1.807) is 0 Å². The Bertz CT molecular complexity index is 414. The van der Waals surface area contributed by atoms with Gasteiger partial charge in [0.2, 0.25) is 0 Å². The van der Waals surface area contributed by atoms with Gasteiger partial charge in [-0.3, -0.25) is 0 Å². The molecule has 0 bridgehead atoms. The summed E-state index contributed by atoms with van der Waals surface area (Å²) in [5, 5.41) is 0. The highest BCUT2D eigenvalue weighted by atomic mass is 15.4. The van der Waals surface area contributed by atoms with Crippen LogP contribution in [0.5, 0.6) is 0 Å². The van der Waals surface area contributed by atoms with Crippen LogP contribution in [-0.4, -0.2) is 29.1 Å². The molecule has 208 valence electrons. The second kappa shape index (κ2) is 25.0. The van der Waals surface area contributed by atoms with Crippen LogP contribution in [0, 0.1) is 0 Å².